The summed E-state index contributed by atoms with van der Waals surface area (Å²) in [6.45, 7) is 5.73. The molecule has 0 aromatic rings. The van der Waals surface area contributed by atoms with E-state index < -0.39 is 6.03 Å². The van der Waals surface area contributed by atoms with Crippen molar-refractivity contribution in [1.82, 2.24) is 20.9 Å². The summed E-state index contributed by atoms with van der Waals surface area (Å²) in [6.07, 6.45) is 0.938. The van der Waals surface area contributed by atoms with Crippen molar-refractivity contribution in [3.8, 4) is 0 Å². The van der Waals surface area contributed by atoms with E-state index in [1.165, 1.54) is 0 Å². The van der Waals surface area contributed by atoms with Crippen LogP contribution in [0.1, 0.15) is 13.3 Å². The number of hydrogen-bond acceptors (Lipinski definition) is 5. The Morgan fingerprint density at radius 3 is 2.89 bits per heavy atom. The molecule has 1 saturated heterocycles. The summed E-state index contributed by atoms with van der Waals surface area (Å²) in [4.78, 5) is 24.7. The summed E-state index contributed by atoms with van der Waals surface area (Å²) in [6, 6.07) is -0.434. The highest BCUT2D eigenvalue weighted by Crippen LogP contribution is 1.98. The Labute approximate surface area is 114 Å². The molecule has 19 heavy (non-hydrogen) atoms. The van der Waals surface area contributed by atoms with Gasteiger partial charge in [-0.05, 0) is 13.5 Å². The van der Waals surface area contributed by atoms with Gasteiger partial charge in [-0.15, -0.1) is 0 Å². The van der Waals surface area contributed by atoms with Crippen molar-refractivity contribution in [1.29, 1.82) is 0 Å². The van der Waals surface area contributed by atoms with Crippen LogP contribution in [-0.4, -0.2) is 69.3 Å². The highest BCUT2D eigenvalue weighted by Gasteiger charge is 2.17. The lowest BCUT2D eigenvalue weighted by Gasteiger charge is -2.27. The molecule has 7 heteroatoms. The fourth-order valence-electron chi connectivity index (χ4n) is 1.84. The van der Waals surface area contributed by atoms with E-state index in [-0.39, 0.29) is 18.6 Å². The Morgan fingerprint density at radius 2 is 2.26 bits per heavy atom. The second-order valence-corrected chi connectivity index (χ2v) is 4.70. The lowest BCUT2D eigenvalue weighted by Crippen LogP contribution is -2.48. The molecule has 3 N–H and O–H groups in total. The van der Waals surface area contributed by atoms with Gasteiger partial charge in [0.2, 0.25) is 5.91 Å². The molecule has 1 aliphatic rings. The van der Waals surface area contributed by atoms with Gasteiger partial charge in [-0.2, -0.15) is 0 Å². The van der Waals surface area contributed by atoms with Gasteiger partial charge in [0.1, 0.15) is 0 Å². The molecule has 0 aromatic heterocycles. The van der Waals surface area contributed by atoms with Gasteiger partial charge in [-0.3, -0.25) is 15.0 Å². The van der Waals surface area contributed by atoms with Crippen molar-refractivity contribution in [2.75, 3.05) is 46.4 Å². The van der Waals surface area contributed by atoms with E-state index in [2.05, 4.69) is 16.0 Å². The zero-order valence-electron chi connectivity index (χ0n) is 11.7. The lowest BCUT2D eigenvalue weighted by molar-refractivity contribution is -0.121. The maximum atomic E-state index is 11.6. The number of likely N-dealkylation sites (N-methyl/N-ethyl adjacent to an activating group) is 1. The van der Waals surface area contributed by atoms with Gasteiger partial charge in [-0.1, -0.05) is 6.92 Å². The fourth-order valence-corrected chi connectivity index (χ4v) is 1.84. The summed E-state index contributed by atoms with van der Waals surface area (Å²) >= 11 is 0. The number of hydrogen-bond donors (Lipinski definition) is 3. The number of nitrogens with zero attached hydrogens (tertiary/aromatic N) is 1. The fraction of sp³-hybridized carbons (Fsp3) is 0.833. The van der Waals surface area contributed by atoms with E-state index in [9.17, 15) is 9.59 Å². The SMILES string of the molecule is CCCNC(=O)NC(=O)CN(C)CC1CNCCO1. The third-order valence-corrected chi connectivity index (χ3v) is 2.72. The molecule has 1 fully saturated rings. The number of urea groups is 1. The van der Waals surface area contributed by atoms with E-state index in [0.29, 0.717) is 19.7 Å². The first-order valence-electron chi connectivity index (χ1n) is 6.70. The molecule has 0 saturated carbocycles. The zero-order chi connectivity index (χ0) is 14.1. The van der Waals surface area contributed by atoms with Crippen molar-refractivity contribution < 1.29 is 14.3 Å². The monoisotopic (exact) mass is 272 g/mol. The topological polar surface area (TPSA) is 82.7 Å². The maximum absolute atomic E-state index is 11.6. The van der Waals surface area contributed by atoms with Crippen LogP contribution in [0.2, 0.25) is 0 Å². The van der Waals surface area contributed by atoms with Crippen LogP contribution in [0.5, 0.6) is 0 Å². The van der Waals surface area contributed by atoms with Crippen LogP contribution in [0, 0.1) is 0 Å². The summed E-state index contributed by atoms with van der Waals surface area (Å²) in [5, 5.41) is 8.12. The molecule has 110 valence electrons. The average molecular weight is 272 g/mol. The summed E-state index contributed by atoms with van der Waals surface area (Å²) in [5.41, 5.74) is 0. The Balaban J connectivity index is 2.17. The van der Waals surface area contributed by atoms with Crippen molar-refractivity contribution in [2.24, 2.45) is 0 Å². The first-order valence-corrected chi connectivity index (χ1v) is 6.70. The first kappa shape index (κ1) is 15.9. The van der Waals surface area contributed by atoms with Gasteiger partial charge in [0.15, 0.2) is 0 Å². The molecule has 3 amide bonds. The quantitative estimate of drug-likeness (QED) is 0.586. The number of imide groups is 1. The predicted octanol–water partition coefficient (Wildman–Crippen LogP) is -0.858. The van der Waals surface area contributed by atoms with Crippen molar-refractivity contribution in [3.05, 3.63) is 0 Å². The zero-order valence-corrected chi connectivity index (χ0v) is 11.7. The Hall–Kier alpha value is -1.18. The number of nitrogens with one attached hydrogen (secondary N) is 3. The number of morpholine rings is 1. The van der Waals surface area contributed by atoms with Gasteiger partial charge in [0.25, 0.3) is 0 Å². The Kier molecular flexibility index (Phi) is 7.39. The van der Waals surface area contributed by atoms with Crippen LogP contribution >= 0.6 is 0 Å². The van der Waals surface area contributed by atoms with Gasteiger partial charge >= 0.3 is 6.03 Å². The normalized spacial score (nSPS) is 19.2. The Morgan fingerprint density at radius 1 is 1.47 bits per heavy atom. The van der Waals surface area contributed by atoms with E-state index >= 15 is 0 Å². The predicted molar refractivity (Wildman–Crippen MR) is 71.9 cm³/mol. The maximum Gasteiger partial charge on any atom is 0.321 e. The molecular formula is C12H24N4O3. The molecule has 7 nitrogen and oxygen atoms in total. The van der Waals surface area contributed by atoms with Crippen LogP contribution in [0.4, 0.5) is 4.79 Å². The van der Waals surface area contributed by atoms with Gasteiger partial charge in [-0.25, -0.2) is 4.79 Å². The van der Waals surface area contributed by atoms with Crippen LogP contribution in [0.3, 0.4) is 0 Å². The number of rotatable bonds is 6. The summed E-state index contributed by atoms with van der Waals surface area (Å²) in [7, 11) is 1.83. The second-order valence-electron chi connectivity index (χ2n) is 4.70. The number of amides is 3. The van der Waals surface area contributed by atoms with Gasteiger partial charge < -0.3 is 15.4 Å². The third kappa shape index (κ3) is 7.09. The molecule has 1 rings (SSSR count). The Bertz CT molecular complexity index is 293. The first-order chi connectivity index (χ1) is 9.11. The molecule has 1 unspecified atom stereocenters. The molecule has 1 aliphatic heterocycles. The highest BCUT2D eigenvalue weighted by atomic mass is 16.5. The highest BCUT2D eigenvalue weighted by molar-refractivity contribution is 5.95. The number of carbonyl (C=O) groups is 2. The van der Waals surface area contributed by atoms with E-state index in [1.807, 2.05) is 18.9 Å². The molecule has 1 atom stereocenters. The lowest BCUT2D eigenvalue weighted by atomic mass is 10.3. The minimum Gasteiger partial charge on any atom is -0.374 e. The second kappa shape index (κ2) is 8.84. The number of ether oxygens (including phenoxy) is 1. The molecule has 0 spiro atoms. The molecule has 0 aromatic carbocycles. The van der Waals surface area contributed by atoms with Crippen molar-refractivity contribution in [3.63, 3.8) is 0 Å². The van der Waals surface area contributed by atoms with E-state index in [4.69, 9.17) is 4.74 Å². The molecule has 0 aliphatic carbocycles. The van der Waals surface area contributed by atoms with E-state index in [1.54, 1.807) is 0 Å². The van der Waals surface area contributed by atoms with Crippen LogP contribution in [0.25, 0.3) is 0 Å². The standard InChI is InChI=1S/C12H24N4O3/c1-3-4-14-12(18)15-11(17)9-16(2)8-10-7-13-5-6-19-10/h10,13H,3-9H2,1-2H3,(H2,14,15,17,18). The van der Waals surface area contributed by atoms with Gasteiger partial charge in [0, 0.05) is 26.2 Å². The van der Waals surface area contributed by atoms with Crippen LogP contribution < -0.4 is 16.0 Å². The average Bonchev–Trinajstić information content (AvgIpc) is 2.37. The number of carbonyl (C=O) groups excluding carboxylic acids is 2. The smallest absolute Gasteiger partial charge is 0.321 e. The van der Waals surface area contributed by atoms with Gasteiger partial charge in [0.05, 0.1) is 19.3 Å². The molecule has 0 radical (unpaired) electrons. The van der Waals surface area contributed by atoms with Crippen LogP contribution in [-0.2, 0) is 9.53 Å². The third-order valence-electron chi connectivity index (χ3n) is 2.72. The van der Waals surface area contributed by atoms with E-state index in [0.717, 1.165) is 19.5 Å². The molecular weight excluding hydrogens is 248 g/mol. The van der Waals surface area contributed by atoms with Crippen molar-refractivity contribution in [2.45, 2.75) is 19.4 Å². The van der Waals surface area contributed by atoms with Crippen molar-refractivity contribution >= 4 is 11.9 Å². The minimum absolute atomic E-state index is 0.0977. The van der Waals surface area contributed by atoms with Crippen LogP contribution in [0.15, 0.2) is 0 Å². The summed E-state index contributed by atoms with van der Waals surface area (Å²) in [5.74, 6) is -0.306. The molecule has 0 bridgehead atoms. The molecule has 1 heterocycles. The largest absolute Gasteiger partial charge is 0.374 e. The summed E-state index contributed by atoms with van der Waals surface area (Å²) < 4.78 is 5.55. The minimum atomic E-state index is -0.434.